The third-order valence-corrected chi connectivity index (χ3v) is 2.64. The minimum Gasteiger partial charge on any atom is -0.467 e. The number of ether oxygens (including phenoxy) is 2. The van der Waals surface area contributed by atoms with E-state index in [9.17, 15) is 0 Å². The normalized spacial score (nSPS) is 10.3. The molecule has 0 aliphatic rings. The third-order valence-electron chi connectivity index (χ3n) is 2.64. The van der Waals surface area contributed by atoms with Crippen LogP contribution in [0.15, 0.2) is 0 Å². The molecule has 0 amide bonds. The van der Waals surface area contributed by atoms with Crippen LogP contribution in [-0.2, 0) is 4.74 Å². The first kappa shape index (κ1) is 16.4. The van der Waals surface area contributed by atoms with Crippen molar-refractivity contribution in [1.82, 2.24) is 15.0 Å². The minimum absolute atomic E-state index is 0.320. The van der Waals surface area contributed by atoms with Gasteiger partial charge in [-0.15, -0.1) is 0 Å². The van der Waals surface area contributed by atoms with Gasteiger partial charge in [-0.1, -0.05) is 6.92 Å². The van der Waals surface area contributed by atoms with Crippen LogP contribution < -0.4 is 15.4 Å². The molecule has 0 fully saturated rings. The summed E-state index contributed by atoms with van der Waals surface area (Å²) in [6.45, 7) is 4.54. The van der Waals surface area contributed by atoms with Gasteiger partial charge >= 0.3 is 6.01 Å². The molecule has 0 saturated carbocycles. The number of rotatable bonds is 11. The summed E-state index contributed by atoms with van der Waals surface area (Å²) in [5.41, 5.74) is 0. The van der Waals surface area contributed by atoms with E-state index in [0.717, 1.165) is 45.4 Å². The molecule has 0 aromatic carbocycles. The summed E-state index contributed by atoms with van der Waals surface area (Å²) in [7, 11) is 3.27. The van der Waals surface area contributed by atoms with Crippen molar-refractivity contribution in [3.8, 4) is 6.01 Å². The molecular formula is C13H25N5O2. The van der Waals surface area contributed by atoms with Gasteiger partial charge in [0.1, 0.15) is 0 Å². The molecule has 1 aromatic rings. The molecular weight excluding hydrogens is 258 g/mol. The van der Waals surface area contributed by atoms with Crippen LogP contribution in [0, 0.1) is 0 Å². The van der Waals surface area contributed by atoms with Gasteiger partial charge < -0.3 is 20.1 Å². The molecule has 20 heavy (non-hydrogen) atoms. The molecule has 2 N–H and O–H groups in total. The fraction of sp³-hybridized carbons (Fsp3) is 0.769. The fourth-order valence-electron chi connectivity index (χ4n) is 1.59. The predicted molar refractivity (Wildman–Crippen MR) is 79.4 cm³/mol. The summed E-state index contributed by atoms with van der Waals surface area (Å²) < 4.78 is 10.1. The summed E-state index contributed by atoms with van der Waals surface area (Å²) in [5, 5.41) is 6.32. The Kier molecular flexibility index (Phi) is 8.37. The standard InChI is InChI=1S/C13H25N5O2/c1-4-8-14-11-16-12(18-13(17-11)20-3)15-9-6-5-7-10-19-2/h4-10H2,1-3H3,(H2,14,15,16,17,18). The summed E-state index contributed by atoms with van der Waals surface area (Å²) in [4.78, 5) is 12.6. The van der Waals surface area contributed by atoms with Gasteiger partial charge in [0.15, 0.2) is 0 Å². The van der Waals surface area contributed by atoms with Gasteiger partial charge in [-0.25, -0.2) is 0 Å². The Morgan fingerprint density at radius 1 is 0.900 bits per heavy atom. The van der Waals surface area contributed by atoms with Crippen LogP contribution >= 0.6 is 0 Å². The van der Waals surface area contributed by atoms with Crippen molar-refractivity contribution in [2.45, 2.75) is 32.6 Å². The first-order valence-electron chi connectivity index (χ1n) is 7.07. The maximum Gasteiger partial charge on any atom is 0.322 e. The molecule has 0 unspecified atom stereocenters. The Balaban J connectivity index is 2.42. The lowest BCUT2D eigenvalue weighted by Crippen LogP contribution is -2.11. The summed E-state index contributed by atoms with van der Waals surface area (Å²) in [6, 6.07) is 0.320. The molecule has 1 rings (SSSR count). The van der Waals surface area contributed by atoms with Crippen LogP contribution in [0.4, 0.5) is 11.9 Å². The molecule has 0 radical (unpaired) electrons. The van der Waals surface area contributed by atoms with Crippen LogP contribution in [0.3, 0.4) is 0 Å². The topological polar surface area (TPSA) is 81.2 Å². The second-order valence-electron chi connectivity index (χ2n) is 4.38. The second-order valence-corrected chi connectivity index (χ2v) is 4.38. The Morgan fingerprint density at radius 2 is 1.60 bits per heavy atom. The highest BCUT2D eigenvalue weighted by Crippen LogP contribution is 2.11. The van der Waals surface area contributed by atoms with E-state index in [1.165, 1.54) is 0 Å². The van der Waals surface area contributed by atoms with Crippen LogP contribution in [0.1, 0.15) is 32.6 Å². The van der Waals surface area contributed by atoms with Gasteiger partial charge in [-0.3, -0.25) is 0 Å². The molecule has 0 spiro atoms. The highest BCUT2D eigenvalue weighted by Gasteiger charge is 2.05. The van der Waals surface area contributed by atoms with Gasteiger partial charge in [0, 0.05) is 26.8 Å². The van der Waals surface area contributed by atoms with Gasteiger partial charge in [-0.05, 0) is 25.7 Å². The number of aromatic nitrogens is 3. The van der Waals surface area contributed by atoms with E-state index >= 15 is 0 Å². The maximum absolute atomic E-state index is 5.08. The van der Waals surface area contributed by atoms with Gasteiger partial charge in [-0.2, -0.15) is 15.0 Å². The lowest BCUT2D eigenvalue weighted by Gasteiger charge is -2.09. The van der Waals surface area contributed by atoms with Crippen LogP contribution in [0.25, 0.3) is 0 Å². The van der Waals surface area contributed by atoms with Gasteiger partial charge in [0.2, 0.25) is 11.9 Å². The van der Waals surface area contributed by atoms with Crippen LogP contribution in [-0.4, -0.2) is 48.9 Å². The summed E-state index contributed by atoms with van der Waals surface area (Å²) in [5.74, 6) is 1.09. The van der Waals surface area contributed by atoms with Gasteiger partial charge in [0.05, 0.1) is 7.11 Å². The average molecular weight is 283 g/mol. The highest BCUT2D eigenvalue weighted by molar-refractivity contribution is 5.35. The number of hydrogen-bond donors (Lipinski definition) is 2. The van der Waals surface area contributed by atoms with E-state index in [2.05, 4.69) is 32.5 Å². The molecule has 0 aliphatic heterocycles. The molecule has 0 bridgehead atoms. The Labute approximate surface area is 120 Å². The lowest BCUT2D eigenvalue weighted by atomic mass is 10.2. The van der Waals surface area contributed by atoms with Crippen molar-refractivity contribution in [3.63, 3.8) is 0 Å². The molecule has 1 heterocycles. The Morgan fingerprint density at radius 3 is 2.20 bits per heavy atom. The monoisotopic (exact) mass is 283 g/mol. The fourth-order valence-corrected chi connectivity index (χ4v) is 1.59. The van der Waals surface area contributed by atoms with Gasteiger partial charge in [0.25, 0.3) is 0 Å². The lowest BCUT2D eigenvalue weighted by molar-refractivity contribution is 0.192. The van der Waals surface area contributed by atoms with Crippen LogP contribution in [0.2, 0.25) is 0 Å². The molecule has 0 saturated heterocycles. The third kappa shape index (κ3) is 6.51. The Hall–Kier alpha value is -1.63. The summed E-state index contributed by atoms with van der Waals surface area (Å²) in [6.07, 6.45) is 4.25. The zero-order chi connectivity index (χ0) is 14.6. The highest BCUT2D eigenvalue weighted by atomic mass is 16.5. The van der Waals surface area contributed by atoms with E-state index in [1.807, 2.05) is 0 Å². The first-order chi connectivity index (χ1) is 9.80. The van der Waals surface area contributed by atoms with E-state index in [0.29, 0.717) is 17.9 Å². The molecule has 0 atom stereocenters. The molecule has 0 aliphatic carbocycles. The van der Waals surface area contributed by atoms with Crippen molar-refractivity contribution in [3.05, 3.63) is 0 Å². The number of anilines is 2. The molecule has 114 valence electrons. The maximum atomic E-state index is 5.08. The van der Waals surface area contributed by atoms with Crippen molar-refractivity contribution >= 4 is 11.9 Å². The first-order valence-corrected chi connectivity index (χ1v) is 7.07. The number of unbranched alkanes of at least 4 members (excludes halogenated alkanes) is 2. The van der Waals surface area contributed by atoms with Crippen molar-refractivity contribution in [2.24, 2.45) is 0 Å². The van der Waals surface area contributed by atoms with Crippen molar-refractivity contribution in [1.29, 1.82) is 0 Å². The molecule has 7 heteroatoms. The zero-order valence-corrected chi connectivity index (χ0v) is 12.6. The Bertz CT molecular complexity index is 376. The smallest absolute Gasteiger partial charge is 0.322 e. The van der Waals surface area contributed by atoms with Crippen molar-refractivity contribution < 1.29 is 9.47 Å². The van der Waals surface area contributed by atoms with E-state index in [1.54, 1.807) is 14.2 Å². The number of nitrogens with zero attached hydrogens (tertiary/aromatic N) is 3. The van der Waals surface area contributed by atoms with E-state index in [4.69, 9.17) is 9.47 Å². The quantitative estimate of drug-likeness (QED) is 0.600. The predicted octanol–water partition coefficient (Wildman–Crippen LogP) is 1.93. The average Bonchev–Trinajstić information content (AvgIpc) is 2.48. The number of nitrogens with one attached hydrogen (secondary N) is 2. The number of hydrogen-bond acceptors (Lipinski definition) is 7. The van der Waals surface area contributed by atoms with E-state index in [-0.39, 0.29) is 0 Å². The van der Waals surface area contributed by atoms with E-state index < -0.39 is 0 Å². The number of methoxy groups -OCH3 is 2. The minimum atomic E-state index is 0.320. The largest absolute Gasteiger partial charge is 0.467 e. The molecule has 7 nitrogen and oxygen atoms in total. The second kappa shape index (κ2) is 10.2. The van der Waals surface area contributed by atoms with Crippen molar-refractivity contribution in [2.75, 3.05) is 44.5 Å². The molecule has 1 aromatic heterocycles. The SMILES string of the molecule is CCCNc1nc(NCCCCCOC)nc(OC)n1. The summed E-state index contributed by atoms with van der Waals surface area (Å²) >= 11 is 0. The zero-order valence-electron chi connectivity index (χ0n) is 12.6. The van der Waals surface area contributed by atoms with Crippen LogP contribution in [0.5, 0.6) is 6.01 Å².